The topological polar surface area (TPSA) is 170 Å². The molecule has 2 aliphatic rings. The SMILES string of the molecule is CC(C)(C)C(=O)Cl.CC1(C)NC(=O)C(c2c(Cl)cc(OC(F)(F)F)cc2CO)=C1O.COc1cc(OC(F)(F)F)cc(Cl)c1C1=C(OC(=O)C(C)(C)C)C(C)(C)NC1=O. The largest absolute Gasteiger partial charge is 0.573 e. The minimum Gasteiger partial charge on any atom is -0.509 e. The fourth-order valence-corrected chi connectivity index (χ4v) is 5.53. The Hall–Kier alpha value is -4.39. The van der Waals surface area contributed by atoms with Gasteiger partial charge in [0.05, 0.1) is 57.0 Å². The van der Waals surface area contributed by atoms with Gasteiger partial charge in [0, 0.05) is 23.1 Å². The van der Waals surface area contributed by atoms with Crippen molar-refractivity contribution in [3.05, 3.63) is 62.5 Å². The summed E-state index contributed by atoms with van der Waals surface area (Å²) in [6.07, 6.45) is -9.86. The molecule has 0 atom stereocenters. The first-order chi connectivity index (χ1) is 26.5. The van der Waals surface area contributed by atoms with Crippen molar-refractivity contribution in [1.29, 1.82) is 0 Å². The zero-order chi connectivity index (χ0) is 46.0. The van der Waals surface area contributed by atoms with Crippen LogP contribution in [0.2, 0.25) is 10.0 Å². The number of ether oxygens (including phenoxy) is 4. The standard InChI is InChI=1S/C19H21ClF3NO5.C14H13ClF3NO4.C5H9ClO/c1-17(2,3)16(26)28-14-13(15(25)24-18(14,4)5)12-10(20)7-9(8-11(12)27-6)29-19(21,22)23;1-13(2)11(21)10(12(22)19-13)9-6(5-20)3-7(4-8(9)15)23-14(16,17)18;1-5(2,3)4(6)7/h7-8H,1-6H3,(H,24,25);3-4,20-21H,5H2,1-2H3,(H,19,22);1-3H3. The summed E-state index contributed by atoms with van der Waals surface area (Å²) in [6.45, 7) is 15.9. The fraction of sp³-hybridized carbons (Fsp3) is 0.474. The van der Waals surface area contributed by atoms with Gasteiger partial charge < -0.3 is 39.8 Å². The number of hydrogen-bond acceptors (Lipinski definition) is 10. The Balaban J connectivity index is 0.000000356. The van der Waals surface area contributed by atoms with Crippen molar-refractivity contribution in [3.63, 3.8) is 0 Å². The van der Waals surface area contributed by atoms with Gasteiger partial charge in [-0.05, 0) is 77.8 Å². The molecule has 0 saturated heterocycles. The molecule has 2 aliphatic heterocycles. The summed E-state index contributed by atoms with van der Waals surface area (Å²) < 4.78 is 92.9. The van der Waals surface area contributed by atoms with E-state index in [4.69, 9.17) is 44.3 Å². The number of alkyl halides is 6. The molecule has 0 saturated carbocycles. The molecule has 0 spiro atoms. The van der Waals surface area contributed by atoms with Gasteiger partial charge in [0.15, 0.2) is 0 Å². The first-order valence-electron chi connectivity index (χ1n) is 17.1. The highest BCUT2D eigenvalue weighted by Gasteiger charge is 2.45. The maximum absolute atomic E-state index is 12.7. The molecule has 0 aromatic heterocycles. The molecule has 2 amide bonds. The predicted octanol–water partition coefficient (Wildman–Crippen LogP) is 9.16. The van der Waals surface area contributed by atoms with Gasteiger partial charge in [-0.2, -0.15) is 0 Å². The van der Waals surface area contributed by atoms with Crippen molar-refractivity contribution in [2.75, 3.05) is 7.11 Å². The lowest BCUT2D eigenvalue weighted by molar-refractivity contribution is -0.275. The van der Waals surface area contributed by atoms with Crippen molar-refractivity contribution in [2.24, 2.45) is 10.8 Å². The molecule has 4 N–H and O–H groups in total. The van der Waals surface area contributed by atoms with Gasteiger partial charge in [-0.25, -0.2) is 0 Å². The van der Waals surface area contributed by atoms with E-state index in [1.54, 1.807) is 69.2 Å². The van der Waals surface area contributed by atoms with E-state index in [0.29, 0.717) is 0 Å². The minimum atomic E-state index is -4.94. The highest BCUT2D eigenvalue weighted by molar-refractivity contribution is 6.64. The van der Waals surface area contributed by atoms with Crippen LogP contribution in [0.4, 0.5) is 26.3 Å². The van der Waals surface area contributed by atoms with Crippen molar-refractivity contribution in [2.45, 2.75) is 99.6 Å². The van der Waals surface area contributed by atoms with Crippen LogP contribution in [-0.4, -0.2) is 64.2 Å². The Morgan fingerprint density at radius 2 is 1.15 bits per heavy atom. The summed E-state index contributed by atoms with van der Waals surface area (Å²) in [7, 11) is 1.20. The molecule has 0 fully saturated rings. The van der Waals surface area contributed by atoms with Crippen LogP contribution in [0.3, 0.4) is 0 Å². The second kappa shape index (κ2) is 18.1. The zero-order valence-corrected chi connectivity index (χ0v) is 35.8. The van der Waals surface area contributed by atoms with Gasteiger partial charge in [0.1, 0.15) is 28.8 Å². The third kappa shape index (κ3) is 13.3. The predicted molar refractivity (Wildman–Crippen MR) is 206 cm³/mol. The van der Waals surface area contributed by atoms with Gasteiger partial charge in [0.2, 0.25) is 5.24 Å². The number of amides is 2. The first-order valence-corrected chi connectivity index (χ1v) is 18.2. The highest BCUT2D eigenvalue weighted by Crippen LogP contribution is 2.45. The summed E-state index contributed by atoms with van der Waals surface area (Å²) in [5.74, 6) is -3.58. The molecule has 2 aromatic carbocycles. The molecule has 328 valence electrons. The summed E-state index contributed by atoms with van der Waals surface area (Å²) in [5, 5.41) is 24.0. The van der Waals surface area contributed by atoms with E-state index in [0.717, 1.165) is 24.3 Å². The van der Waals surface area contributed by atoms with E-state index < -0.39 is 65.1 Å². The lowest BCUT2D eigenvalue weighted by Crippen LogP contribution is -2.40. The monoisotopic (exact) mass is 906 g/mol. The number of carbonyl (C=O) groups is 4. The Morgan fingerprint density at radius 1 is 0.729 bits per heavy atom. The summed E-state index contributed by atoms with van der Waals surface area (Å²) >= 11 is 17.3. The Labute approximate surface area is 350 Å². The lowest BCUT2D eigenvalue weighted by Gasteiger charge is -2.25. The molecule has 0 aliphatic carbocycles. The van der Waals surface area contributed by atoms with Crippen LogP contribution in [0.25, 0.3) is 11.1 Å². The fourth-order valence-electron chi connectivity index (χ4n) is 4.91. The van der Waals surface area contributed by atoms with E-state index in [2.05, 4.69) is 20.1 Å². The normalized spacial score (nSPS) is 16.3. The van der Waals surface area contributed by atoms with Crippen LogP contribution < -0.4 is 24.8 Å². The van der Waals surface area contributed by atoms with Gasteiger partial charge in [-0.15, -0.1) is 26.3 Å². The number of halogens is 9. The molecular formula is C38H43Cl3F6N2O10. The van der Waals surface area contributed by atoms with E-state index in [9.17, 15) is 55.7 Å². The van der Waals surface area contributed by atoms with E-state index in [-0.39, 0.29) is 65.8 Å². The third-order valence-corrected chi connectivity index (χ3v) is 9.02. The number of benzene rings is 2. The summed E-state index contributed by atoms with van der Waals surface area (Å²) in [6, 6.07) is 3.63. The second-order valence-electron chi connectivity index (χ2n) is 15.9. The maximum atomic E-state index is 12.7. The Bertz CT molecular complexity index is 2050. The number of nitrogens with one attached hydrogen (secondary N) is 2. The van der Waals surface area contributed by atoms with Crippen LogP contribution in [0.5, 0.6) is 17.2 Å². The van der Waals surface area contributed by atoms with E-state index in [1.165, 1.54) is 7.11 Å². The quantitative estimate of drug-likeness (QED) is 0.119. The van der Waals surface area contributed by atoms with E-state index >= 15 is 0 Å². The average Bonchev–Trinajstić information content (AvgIpc) is 3.37. The van der Waals surface area contributed by atoms with Gasteiger partial charge in [-0.1, -0.05) is 44.0 Å². The van der Waals surface area contributed by atoms with Crippen molar-refractivity contribution in [1.82, 2.24) is 10.6 Å². The van der Waals surface area contributed by atoms with Crippen LogP contribution in [-0.2, 0) is 30.5 Å². The summed E-state index contributed by atoms with van der Waals surface area (Å²) in [4.78, 5) is 47.4. The number of hydrogen-bond donors (Lipinski definition) is 4. The average molecular weight is 908 g/mol. The van der Waals surface area contributed by atoms with Crippen LogP contribution in [0.15, 0.2) is 35.8 Å². The third-order valence-electron chi connectivity index (χ3n) is 7.86. The number of rotatable bonds is 7. The molecule has 21 heteroatoms. The number of aliphatic hydroxyl groups excluding tert-OH is 2. The molecule has 0 unspecified atom stereocenters. The van der Waals surface area contributed by atoms with Crippen molar-refractivity contribution >= 4 is 69.0 Å². The maximum Gasteiger partial charge on any atom is 0.573 e. The molecular weight excluding hydrogens is 865 g/mol. The molecule has 12 nitrogen and oxygen atoms in total. The number of aliphatic hydroxyl groups is 2. The smallest absolute Gasteiger partial charge is 0.509 e. The first kappa shape index (κ1) is 50.8. The highest BCUT2D eigenvalue weighted by atomic mass is 35.5. The number of carbonyl (C=O) groups excluding carboxylic acids is 4. The number of methoxy groups -OCH3 is 1. The molecule has 4 rings (SSSR count). The zero-order valence-electron chi connectivity index (χ0n) is 33.6. The van der Waals surface area contributed by atoms with Crippen molar-refractivity contribution < 1.29 is 74.7 Å². The van der Waals surface area contributed by atoms with Crippen LogP contribution in [0.1, 0.15) is 85.9 Å². The molecule has 59 heavy (non-hydrogen) atoms. The summed E-state index contributed by atoms with van der Waals surface area (Å²) in [5.41, 5.74) is -3.78. The number of esters is 1. The van der Waals surface area contributed by atoms with Crippen LogP contribution >= 0.6 is 34.8 Å². The molecule has 0 bridgehead atoms. The molecule has 2 aromatic rings. The van der Waals surface area contributed by atoms with Crippen molar-refractivity contribution in [3.8, 4) is 17.2 Å². The minimum absolute atomic E-state index is 0.00730. The van der Waals surface area contributed by atoms with Crippen LogP contribution in [0, 0.1) is 10.8 Å². The molecule has 2 heterocycles. The van der Waals surface area contributed by atoms with Gasteiger partial charge in [-0.3, -0.25) is 19.2 Å². The van der Waals surface area contributed by atoms with Gasteiger partial charge >= 0.3 is 18.7 Å². The Kier molecular flexibility index (Phi) is 15.5. The lowest BCUT2D eigenvalue weighted by atomic mass is 9.95. The van der Waals surface area contributed by atoms with Gasteiger partial charge in [0.25, 0.3) is 11.8 Å². The Morgan fingerprint density at radius 3 is 1.53 bits per heavy atom. The van der Waals surface area contributed by atoms with E-state index in [1.807, 2.05) is 0 Å². The molecule has 0 radical (unpaired) electrons. The second-order valence-corrected chi connectivity index (χ2v) is 17.1.